The highest BCUT2D eigenvalue weighted by atomic mass is 32.1. The third-order valence-corrected chi connectivity index (χ3v) is 6.86. The Hall–Kier alpha value is -2.19. The lowest BCUT2D eigenvalue weighted by molar-refractivity contribution is -0.158. The third-order valence-electron chi connectivity index (χ3n) is 6.61. The fourth-order valence-corrected chi connectivity index (χ4v) is 4.40. The number of amides is 1. The molecule has 0 unspecified atom stereocenters. The molecule has 1 rings (SSSR count). The Kier molecular flexibility index (Phi) is 21.5. The highest BCUT2D eigenvalue weighted by Gasteiger charge is 2.26. The summed E-state index contributed by atoms with van der Waals surface area (Å²) in [5, 5.41) is 2.94. The molecule has 48 heavy (non-hydrogen) atoms. The number of thiol groups is 1. The highest BCUT2D eigenvalue weighted by molar-refractivity contribution is 7.84. The van der Waals surface area contributed by atoms with Crippen LogP contribution in [0.4, 0.5) is 0 Å². The van der Waals surface area contributed by atoms with Crippen LogP contribution in [0, 0.1) is 0 Å². The van der Waals surface area contributed by atoms with Gasteiger partial charge in [-0.2, -0.15) is 0 Å². The van der Waals surface area contributed by atoms with Crippen molar-refractivity contribution < 1.29 is 33.4 Å². The largest absolute Gasteiger partial charge is 0.459 e. The van der Waals surface area contributed by atoms with Crippen molar-refractivity contribution in [2.45, 2.75) is 106 Å². The summed E-state index contributed by atoms with van der Waals surface area (Å²) in [6.45, 7) is 27.7. The number of nitrogens with one attached hydrogen (secondary N) is 1. The third kappa shape index (κ3) is 26.7. The quantitative estimate of drug-likeness (QED) is 0.198. The Labute approximate surface area is 296 Å². The van der Waals surface area contributed by atoms with Crippen LogP contribution >= 0.6 is 12.6 Å². The second-order valence-electron chi connectivity index (χ2n) is 15.1. The van der Waals surface area contributed by atoms with E-state index in [0.29, 0.717) is 58.9 Å². The van der Waals surface area contributed by atoms with Gasteiger partial charge in [-0.05, 0) is 87.5 Å². The van der Waals surface area contributed by atoms with Crippen molar-refractivity contribution in [1.82, 2.24) is 24.9 Å². The van der Waals surface area contributed by atoms with E-state index in [4.69, 9.17) is 14.2 Å². The minimum atomic E-state index is -0.609. The lowest BCUT2D eigenvalue weighted by Gasteiger charge is -2.34. The zero-order valence-corrected chi connectivity index (χ0v) is 33.0. The standard InChI is InChI=1S/C31H59N5O7.C4H8S/c1-11-12-32-25(37)21-33-13-15-34(22-26(38)41-29(2,3)4)17-19-36(24-28(40)43-31(8,9)10)20-18-35(16-14-33)23-27(39)42-30(5,6)7;1-3-4(2)5/h11-24H2,1-10H3,(H,32,37);3,5H,1-2H3/b;4-3+. The van der Waals surface area contributed by atoms with Crippen LogP contribution in [0.2, 0.25) is 0 Å². The van der Waals surface area contributed by atoms with E-state index >= 15 is 0 Å². The monoisotopic (exact) mass is 701 g/mol. The topological polar surface area (TPSA) is 121 Å². The van der Waals surface area contributed by atoms with E-state index in [1.54, 1.807) is 0 Å². The minimum absolute atomic E-state index is 0.0603. The van der Waals surface area contributed by atoms with Crippen molar-refractivity contribution in [2.75, 3.05) is 85.1 Å². The molecule has 1 amide bonds. The molecule has 0 aliphatic carbocycles. The summed E-state index contributed by atoms with van der Waals surface area (Å²) in [5.41, 5.74) is -1.82. The summed E-state index contributed by atoms with van der Waals surface area (Å²) in [5.74, 6) is -1.04. The van der Waals surface area contributed by atoms with Crippen LogP contribution in [-0.2, 0) is 33.4 Å². The van der Waals surface area contributed by atoms with Crippen molar-refractivity contribution in [3.8, 4) is 0 Å². The van der Waals surface area contributed by atoms with E-state index in [1.807, 2.05) is 104 Å². The van der Waals surface area contributed by atoms with Crippen molar-refractivity contribution in [3.05, 3.63) is 11.0 Å². The number of carbonyl (C=O) groups is 4. The van der Waals surface area contributed by atoms with E-state index in [1.165, 1.54) is 0 Å². The summed E-state index contributed by atoms with van der Waals surface area (Å²) < 4.78 is 16.8. The lowest BCUT2D eigenvalue weighted by atomic mass is 10.2. The molecule has 1 N–H and O–H groups in total. The average Bonchev–Trinajstić information content (AvgIpc) is 2.90. The lowest BCUT2D eigenvalue weighted by Crippen LogP contribution is -2.50. The molecule has 1 aliphatic heterocycles. The summed E-state index contributed by atoms with van der Waals surface area (Å²) in [6, 6.07) is 0. The number of ether oxygens (including phenoxy) is 3. The second kappa shape index (κ2) is 22.5. The summed E-state index contributed by atoms with van der Waals surface area (Å²) in [7, 11) is 0. The normalized spacial score (nSPS) is 17.2. The molecule has 0 aromatic carbocycles. The number of carbonyl (C=O) groups excluding carboxylic acids is 4. The number of hydrogen-bond donors (Lipinski definition) is 2. The number of esters is 3. The molecule has 1 fully saturated rings. The minimum Gasteiger partial charge on any atom is -0.459 e. The molecule has 1 saturated heterocycles. The number of hydrogen-bond acceptors (Lipinski definition) is 12. The van der Waals surface area contributed by atoms with Gasteiger partial charge in [0.25, 0.3) is 0 Å². The van der Waals surface area contributed by atoms with Gasteiger partial charge in [-0.15, -0.1) is 12.6 Å². The first kappa shape index (κ1) is 45.8. The Morgan fingerprint density at radius 2 is 0.854 bits per heavy atom. The van der Waals surface area contributed by atoms with E-state index in [2.05, 4.69) is 22.8 Å². The maximum atomic E-state index is 12.8. The maximum absolute atomic E-state index is 12.8. The Bertz CT molecular complexity index is 968. The maximum Gasteiger partial charge on any atom is 0.320 e. The first-order chi connectivity index (χ1) is 22.0. The predicted octanol–water partition coefficient (Wildman–Crippen LogP) is 3.60. The van der Waals surface area contributed by atoms with Gasteiger partial charge in [0.1, 0.15) is 16.8 Å². The Morgan fingerprint density at radius 1 is 0.604 bits per heavy atom. The van der Waals surface area contributed by atoms with Crippen LogP contribution in [0.3, 0.4) is 0 Å². The van der Waals surface area contributed by atoms with Gasteiger partial charge in [-0.3, -0.25) is 38.8 Å². The first-order valence-corrected chi connectivity index (χ1v) is 17.6. The predicted molar refractivity (Wildman–Crippen MR) is 195 cm³/mol. The molecular formula is C35H67N5O7S. The fourth-order valence-electron chi connectivity index (χ4n) is 4.40. The van der Waals surface area contributed by atoms with Gasteiger partial charge in [-0.1, -0.05) is 13.0 Å². The van der Waals surface area contributed by atoms with Crippen molar-refractivity contribution in [3.63, 3.8) is 0 Å². The van der Waals surface area contributed by atoms with Gasteiger partial charge in [0.15, 0.2) is 0 Å². The summed E-state index contributed by atoms with van der Waals surface area (Å²) in [4.78, 5) is 60.1. The molecule has 280 valence electrons. The highest BCUT2D eigenvalue weighted by Crippen LogP contribution is 2.11. The number of nitrogens with zero attached hydrogens (tertiary/aromatic N) is 4. The molecule has 0 atom stereocenters. The van der Waals surface area contributed by atoms with Gasteiger partial charge < -0.3 is 19.5 Å². The Morgan fingerprint density at radius 3 is 1.06 bits per heavy atom. The molecule has 0 spiro atoms. The van der Waals surface area contributed by atoms with Crippen LogP contribution in [0.1, 0.15) is 89.5 Å². The zero-order chi connectivity index (χ0) is 37.1. The molecule has 0 saturated carbocycles. The number of rotatable bonds is 10. The molecule has 0 radical (unpaired) electrons. The molecule has 1 aliphatic rings. The van der Waals surface area contributed by atoms with Gasteiger partial charge in [0.05, 0.1) is 26.2 Å². The molecule has 0 bridgehead atoms. The summed E-state index contributed by atoms with van der Waals surface area (Å²) >= 11 is 3.96. The van der Waals surface area contributed by atoms with E-state index in [0.717, 1.165) is 11.3 Å². The zero-order valence-electron chi connectivity index (χ0n) is 32.1. The molecule has 1 heterocycles. The fraction of sp³-hybridized carbons (Fsp3) is 0.829. The van der Waals surface area contributed by atoms with Gasteiger partial charge in [0, 0.05) is 58.9 Å². The van der Waals surface area contributed by atoms with Crippen LogP contribution in [0.5, 0.6) is 0 Å². The molecule has 13 heteroatoms. The smallest absolute Gasteiger partial charge is 0.320 e. The van der Waals surface area contributed by atoms with Gasteiger partial charge in [0.2, 0.25) is 5.91 Å². The molecule has 0 aromatic heterocycles. The molecule has 0 aromatic rings. The van der Waals surface area contributed by atoms with Crippen LogP contribution < -0.4 is 5.32 Å². The van der Waals surface area contributed by atoms with Crippen molar-refractivity contribution in [1.29, 1.82) is 0 Å². The van der Waals surface area contributed by atoms with Crippen LogP contribution in [0.15, 0.2) is 11.0 Å². The molecule has 12 nitrogen and oxygen atoms in total. The Balaban J connectivity index is 0.00000409. The van der Waals surface area contributed by atoms with Crippen molar-refractivity contribution >= 4 is 36.4 Å². The van der Waals surface area contributed by atoms with E-state index in [9.17, 15) is 19.2 Å². The second-order valence-corrected chi connectivity index (χ2v) is 15.8. The van der Waals surface area contributed by atoms with Gasteiger partial charge >= 0.3 is 17.9 Å². The molecular weight excluding hydrogens is 634 g/mol. The SMILES string of the molecule is C/C=C(\C)S.CCCNC(=O)CN1CCN(CC(=O)OC(C)(C)C)CCN(CC(=O)OC(C)(C)C)CCN(CC(=O)OC(C)(C)C)CC1. The summed E-state index contributed by atoms with van der Waals surface area (Å²) in [6.07, 6.45) is 2.79. The van der Waals surface area contributed by atoms with Crippen molar-refractivity contribution in [2.24, 2.45) is 0 Å². The average molecular weight is 702 g/mol. The van der Waals surface area contributed by atoms with Gasteiger partial charge in [-0.25, -0.2) is 0 Å². The van der Waals surface area contributed by atoms with Crippen LogP contribution in [0.25, 0.3) is 0 Å². The van der Waals surface area contributed by atoms with E-state index in [-0.39, 0.29) is 50.0 Å². The number of allylic oxidation sites excluding steroid dienone is 2. The first-order valence-electron chi connectivity index (χ1n) is 17.2. The van der Waals surface area contributed by atoms with E-state index < -0.39 is 16.8 Å². The van der Waals surface area contributed by atoms with Crippen LogP contribution in [-0.4, -0.2) is 145 Å².